The Bertz CT molecular complexity index is 129. The smallest absolute Gasteiger partial charge is 0.140 e. The van der Waals surface area contributed by atoms with E-state index in [-0.39, 0.29) is 11.6 Å². The molecule has 0 N–H and O–H groups in total. The van der Waals surface area contributed by atoms with Crippen LogP contribution in [0, 0.1) is 5.92 Å². The molecule has 0 aliphatic rings. The number of ketones is 2. The van der Waals surface area contributed by atoms with Crippen LogP contribution in [0.2, 0.25) is 0 Å². The monoisotopic (exact) mass is 162 g/mol. The number of hydrogen-bond acceptors (Lipinski definition) is 2. The van der Waals surface area contributed by atoms with Crippen molar-refractivity contribution < 1.29 is 9.59 Å². The molecule has 10 heavy (non-hydrogen) atoms. The maximum Gasteiger partial charge on any atom is 0.140 e. The van der Waals surface area contributed by atoms with Crippen LogP contribution in [-0.4, -0.2) is 17.4 Å². The summed E-state index contributed by atoms with van der Waals surface area (Å²) in [6.45, 7) is 2.83. The lowest BCUT2D eigenvalue weighted by molar-refractivity contribution is -0.130. The van der Waals surface area contributed by atoms with Gasteiger partial charge in [0.1, 0.15) is 11.6 Å². The molecule has 0 aromatic rings. The summed E-state index contributed by atoms with van der Waals surface area (Å²) in [5, 5.41) is 0. The highest BCUT2D eigenvalue weighted by Gasteiger charge is 2.17. The molecule has 58 valence electrons. The van der Waals surface area contributed by atoms with Gasteiger partial charge in [-0.2, -0.15) is 0 Å². The molecule has 3 heteroatoms. The Balaban J connectivity index is 3.98. The zero-order valence-corrected chi connectivity index (χ0v) is 6.94. The predicted octanol–water partition coefficient (Wildman–Crippen LogP) is 1.41. The average molecular weight is 163 g/mol. The van der Waals surface area contributed by atoms with Crippen molar-refractivity contribution in [2.75, 3.05) is 5.88 Å². The molecule has 0 fully saturated rings. The summed E-state index contributed by atoms with van der Waals surface area (Å²) in [6.07, 6.45) is 0.465. The summed E-state index contributed by atoms with van der Waals surface area (Å²) in [6, 6.07) is 0. The van der Waals surface area contributed by atoms with E-state index in [0.29, 0.717) is 12.3 Å². The van der Waals surface area contributed by atoms with Gasteiger partial charge in [0.2, 0.25) is 0 Å². The molecular weight excluding hydrogens is 152 g/mol. The summed E-state index contributed by atoms with van der Waals surface area (Å²) < 4.78 is 0. The van der Waals surface area contributed by atoms with E-state index >= 15 is 0 Å². The second kappa shape index (κ2) is 4.45. The third-order valence-corrected chi connectivity index (χ3v) is 1.60. The lowest BCUT2D eigenvalue weighted by Gasteiger charge is -2.05. The molecule has 0 unspecified atom stereocenters. The molecule has 2 nitrogen and oxygen atoms in total. The van der Waals surface area contributed by atoms with Crippen LogP contribution in [0.15, 0.2) is 0 Å². The summed E-state index contributed by atoms with van der Waals surface area (Å²) in [5.74, 6) is -0.289. The Hall–Kier alpha value is -0.370. The molecule has 0 amide bonds. The second-order valence-corrected chi connectivity index (χ2v) is 2.63. The van der Waals surface area contributed by atoms with E-state index in [1.807, 2.05) is 0 Å². The molecule has 0 saturated heterocycles. The number of hydrogen-bond donors (Lipinski definition) is 0. The number of Topliss-reactive ketones (excluding diaryl/α,β-unsaturated/α-hetero) is 2. The Morgan fingerprint density at radius 1 is 1.30 bits per heavy atom. The van der Waals surface area contributed by atoms with E-state index in [9.17, 15) is 9.59 Å². The number of carbonyl (C=O) groups excluding carboxylic acids is 2. The fourth-order valence-electron chi connectivity index (χ4n) is 0.802. The van der Waals surface area contributed by atoms with Gasteiger partial charge >= 0.3 is 0 Å². The van der Waals surface area contributed by atoms with Crippen molar-refractivity contribution in [1.29, 1.82) is 0 Å². The molecule has 0 aromatic heterocycles. The molecule has 0 radical (unpaired) electrons. The summed E-state index contributed by atoms with van der Waals surface area (Å²) >= 11 is 5.38. The van der Waals surface area contributed by atoms with Crippen molar-refractivity contribution in [3.05, 3.63) is 0 Å². The highest BCUT2D eigenvalue weighted by Crippen LogP contribution is 2.06. The van der Waals surface area contributed by atoms with Crippen LogP contribution in [0.3, 0.4) is 0 Å². The van der Waals surface area contributed by atoms with Gasteiger partial charge in [0.05, 0.1) is 5.92 Å². The first-order chi connectivity index (χ1) is 4.59. The van der Waals surface area contributed by atoms with Crippen molar-refractivity contribution in [2.24, 2.45) is 5.92 Å². The van der Waals surface area contributed by atoms with Crippen LogP contribution in [0.1, 0.15) is 20.3 Å². The lowest BCUT2D eigenvalue weighted by atomic mass is 9.98. The Kier molecular flexibility index (Phi) is 4.28. The highest BCUT2D eigenvalue weighted by molar-refractivity contribution is 6.18. The van der Waals surface area contributed by atoms with Gasteiger partial charge in [-0.25, -0.2) is 0 Å². The summed E-state index contributed by atoms with van der Waals surface area (Å²) in [5.41, 5.74) is 0. The fourth-order valence-corrected chi connectivity index (χ4v) is 1.02. The number of carbonyl (C=O) groups is 2. The molecular formula is C7H11ClO2. The molecule has 0 saturated carbocycles. The van der Waals surface area contributed by atoms with Gasteiger partial charge in [0.25, 0.3) is 0 Å². The quantitative estimate of drug-likeness (QED) is 0.463. The molecule has 0 atom stereocenters. The van der Waals surface area contributed by atoms with Gasteiger partial charge in [-0.05, 0) is 20.3 Å². The molecule has 0 aliphatic heterocycles. The summed E-state index contributed by atoms with van der Waals surface area (Å²) in [4.78, 5) is 21.4. The Morgan fingerprint density at radius 3 is 1.80 bits per heavy atom. The maximum atomic E-state index is 10.7. The molecule has 0 heterocycles. The largest absolute Gasteiger partial charge is 0.299 e. The first-order valence-corrected chi connectivity index (χ1v) is 3.70. The van der Waals surface area contributed by atoms with Crippen molar-refractivity contribution >= 4 is 23.2 Å². The highest BCUT2D eigenvalue weighted by atomic mass is 35.5. The standard InChI is InChI=1S/C7H11ClO2/c1-5(9)7(3-4-8)6(2)10/h7H,3-4H2,1-2H3. The van der Waals surface area contributed by atoms with E-state index in [2.05, 4.69) is 0 Å². The van der Waals surface area contributed by atoms with Crippen LogP contribution in [0.5, 0.6) is 0 Å². The first-order valence-electron chi connectivity index (χ1n) is 3.16. The van der Waals surface area contributed by atoms with Crippen LogP contribution in [0.4, 0.5) is 0 Å². The van der Waals surface area contributed by atoms with Gasteiger partial charge in [0, 0.05) is 5.88 Å². The third kappa shape index (κ3) is 2.97. The van der Waals surface area contributed by atoms with Crippen LogP contribution >= 0.6 is 11.6 Å². The Labute approximate surface area is 65.6 Å². The molecule has 0 rings (SSSR count). The lowest BCUT2D eigenvalue weighted by Crippen LogP contribution is -2.19. The third-order valence-electron chi connectivity index (χ3n) is 1.38. The zero-order valence-electron chi connectivity index (χ0n) is 6.19. The fraction of sp³-hybridized carbons (Fsp3) is 0.714. The minimum atomic E-state index is -0.475. The van der Waals surface area contributed by atoms with Crippen molar-refractivity contribution in [2.45, 2.75) is 20.3 Å². The molecule has 0 aromatic carbocycles. The van der Waals surface area contributed by atoms with E-state index in [1.54, 1.807) is 0 Å². The maximum absolute atomic E-state index is 10.7. The van der Waals surface area contributed by atoms with E-state index < -0.39 is 5.92 Å². The molecule has 0 bridgehead atoms. The predicted molar refractivity (Wildman–Crippen MR) is 40.2 cm³/mol. The zero-order chi connectivity index (χ0) is 8.15. The Morgan fingerprint density at radius 2 is 1.70 bits per heavy atom. The molecule has 0 aliphatic carbocycles. The SMILES string of the molecule is CC(=O)C(CCCl)C(C)=O. The van der Waals surface area contributed by atoms with Crippen molar-refractivity contribution in [3.8, 4) is 0 Å². The number of alkyl halides is 1. The van der Waals surface area contributed by atoms with Crippen LogP contribution in [0.25, 0.3) is 0 Å². The minimum Gasteiger partial charge on any atom is -0.299 e. The van der Waals surface area contributed by atoms with Gasteiger partial charge in [0.15, 0.2) is 0 Å². The number of rotatable bonds is 4. The normalized spacial score (nSPS) is 10.0. The summed E-state index contributed by atoms with van der Waals surface area (Å²) in [7, 11) is 0. The second-order valence-electron chi connectivity index (χ2n) is 2.25. The van der Waals surface area contributed by atoms with E-state index in [1.165, 1.54) is 13.8 Å². The number of halogens is 1. The van der Waals surface area contributed by atoms with Gasteiger partial charge in [-0.15, -0.1) is 11.6 Å². The molecule has 0 spiro atoms. The van der Waals surface area contributed by atoms with Gasteiger partial charge in [-0.3, -0.25) is 9.59 Å². The minimum absolute atomic E-state index is 0.0897. The van der Waals surface area contributed by atoms with Crippen molar-refractivity contribution in [3.63, 3.8) is 0 Å². The topological polar surface area (TPSA) is 34.1 Å². The van der Waals surface area contributed by atoms with E-state index in [0.717, 1.165) is 0 Å². The van der Waals surface area contributed by atoms with Crippen LogP contribution < -0.4 is 0 Å². The first kappa shape index (κ1) is 9.63. The average Bonchev–Trinajstić information content (AvgIpc) is 1.81. The van der Waals surface area contributed by atoms with Crippen molar-refractivity contribution in [1.82, 2.24) is 0 Å². The van der Waals surface area contributed by atoms with Crippen LogP contribution in [-0.2, 0) is 9.59 Å². The van der Waals surface area contributed by atoms with E-state index in [4.69, 9.17) is 11.6 Å². The van der Waals surface area contributed by atoms with Gasteiger partial charge < -0.3 is 0 Å². The van der Waals surface area contributed by atoms with Gasteiger partial charge in [-0.1, -0.05) is 0 Å².